The molecule has 1 saturated carbocycles. The molecule has 1 aliphatic rings. The van der Waals surface area contributed by atoms with Crippen LogP contribution in [-0.4, -0.2) is 29.3 Å². The van der Waals surface area contributed by atoms with Crippen LogP contribution < -0.4 is 10.1 Å². The molecule has 1 aromatic heterocycles. The number of thiazole rings is 1. The third kappa shape index (κ3) is 5.46. The van der Waals surface area contributed by atoms with Gasteiger partial charge < -0.3 is 15.2 Å². The van der Waals surface area contributed by atoms with E-state index in [4.69, 9.17) is 9.72 Å². The molecule has 4 nitrogen and oxygen atoms in total. The van der Waals surface area contributed by atoms with Gasteiger partial charge in [0.25, 0.3) is 0 Å². The zero-order valence-electron chi connectivity index (χ0n) is 18.5. The van der Waals surface area contributed by atoms with Crippen molar-refractivity contribution < 1.29 is 9.84 Å². The molecule has 1 heterocycles. The first-order valence-corrected chi connectivity index (χ1v) is 12.5. The fourth-order valence-corrected chi connectivity index (χ4v) is 5.63. The summed E-state index contributed by atoms with van der Waals surface area (Å²) in [7, 11) is 0. The molecule has 1 aliphatic carbocycles. The van der Waals surface area contributed by atoms with Crippen LogP contribution in [0.2, 0.25) is 0 Å². The van der Waals surface area contributed by atoms with E-state index in [1.54, 1.807) is 11.3 Å². The normalized spacial score (nSPS) is 17.0. The minimum absolute atomic E-state index is 0.0354. The maximum Gasteiger partial charge on any atom is 0.138 e. The van der Waals surface area contributed by atoms with E-state index in [9.17, 15) is 5.11 Å². The molecule has 0 saturated heterocycles. The molecule has 3 aromatic rings. The average molecular weight is 439 g/mol. The molecule has 0 bridgehead atoms. The summed E-state index contributed by atoms with van der Waals surface area (Å²) in [6.45, 7) is 3.00. The van der Waals surface area contributed by atoms with Crippen molar-refractivity contribution in [3.63, 3.8) is 0 Å². The van der Waals surface area contributed by atoms with Crippen molar-refractivity contribution >= 4 is 21.6 Å². The van der Waals surface area contributed by atoms with E-state index in [0.29, 0.717) is 6.54 Å². The number of aliphatic hydroxyl groups excluding tert-OH is 1. The number of benzene rings is 2. The second kappa shape index (κ2) is 10.6. The van der Waals surface area contributed by atoms with Gasteiger partial charge in [0, 0.05) is 12.1 Å². The predicted octanol–water partition coefficient (Wildman–Crippen LogP) is 5.83. The third-order valence-corrected chi connectivity index (χ3v) is 7.45. The number of fused-ring (bicyclic) bond motifs is 1. The van der Waals surface area contributed by atoms with Crippen LogP contribution in [0.1, 0.15) is 62.4 Å². The molecule has 0 amide bonds. The Hall–Kier alpha value is -1.95. The highest BCUT2D eigenvalue weighted by atomic mass is 32.1. The second-order valence-corrected chi connectivity index (χ2v) is 9.75. The van der Waals surface area contributed by atoms with Crippen molar-refractivity contribution in [3.8, 4) is 5.75 Å². The Balaban J connectivity index is 1.37. The van der Waals surface area contributed by atoms with Gasteiger partial charge in [0.1, 0.15) is 18.5 Å². The van der Waals surface area contributed by atoms with Gasteiger partial charge in [0.05, 0.1) is 15.2 Å². The fraction of sp³-hybridized carbons (Fsp3) is 0.500. The largest absolute Gasteiger partial charge is 0.489 e. The molecular formula is C26H34N2O2S. The number of nitrogens with zero attached hydrogens (tertiary/aromatic N) is 1. The molecule has 0 radical (unpaired) electrons. The van der Waals surface area contributed by atoms with Crippen LogP contribution in [0.15, 0.2) is 48.5 Å². The predicted molar refractivity (Wildman–Crippen MR) is 129 cm³/mol. The summed E-state index contributed by atoms with van der Waals surface area (Å²) in [4.78, 5) is 4.74. The first-order valence-electron chi connectivity index (χ1n) is 11.7. The Morgan fingerprint density at radius 2 is 1.90 bits per heavy atom. The topological polar surface area (TPSA) is 54.4 Å². The molecule has 1 atom stereocenters. The number of nitrogens with one attached hydrogen (secondary N) is 1. The van der Waals surface area contributed by atoms with E-state index in [1.165, 1.54) is 31.2 Å². The number of aryl methyl sites for hydroxylation is 1. The van der Waals surface area contributed by atoms with Crippen LogP contribution >= 0.6 is 11.3 Å². The molecule has 0 aliphatic heterocycles. The Labute approximate surface area is 189 Å². The number of ether oxygens (including phenoxy) is 1. The quantitative estimate of drug-likeness (QED) is 0.418. The van der Waals surface area contributed by atoms with Gasteiger partial charge in [0.2, 0.25) is 0 Å². The first kappa shape index (κ1) is 22.3. The summed E-state index contributed by atoms with van der Waals surface area (Å²) in [5.41, 5.74) is 2.29. The lowest BCUT2D eigenvalue weighted by Crippen LogP contribution is -2.48. The molecular weight excluding hydrogens is 404 g/mol. The minimum Gasteiger partial charge on any atom is -0.489 e. The maximum absolute atomic E-state index is 10.7. The standard InChI is InChI=1S/C26H34N2O2S/c1-2-3-15-24-28-22-13-10-14-23(25(22)31-24)30-19-21(29)18-27-26(16-8-5-9-17-26)20-11-6-4-7-12-20/h4,6-7,10-14,21,27,29H,2-3,5,8-9,15-19H2,1H3. The van der Waals surface area contributed by atoms with Crippen LogP contribution in [0.5, 0.6) is 5.75 Å². The van der Waals surface area contributed by atoms with Crippen LogP contribution in [-0.2, 0) is 12.0 Å². The molecule has 31 heavy (non-hydrogen) atoms. The van der Waals surface area contributed by atoms with Gasteiger partial charge in [-0.1, -0.05) is 69.0 Å². The summed E-state index contributed by atoms with van der Waals surface area (Å²) in [5, 5.41) is 15.6. The molecule has 166 valence electrons. The van der Waals surface area contributed by atoms with Gasteiger partial charge >= 0.3 is 0 Å². The van der Waals surface area contributed by atoms with Crippen molar-refractivity contribution in [3.05, 3.63) is 59.1 Å². The SMILES string of the molecule is CCCCc1nc2cccc(OCC(O)CNC3(c4ccccc4)CCCCC3)c2s1. The fourth-order valence-electron chi connectivity index (χ4n) is 4.56. The van der Waals surface area contributed by atoms with Crippen molar-refractivity contribution in [2.75, 3.05) is 13.2 Å². The maximum atomic E-state index is 10.7. The van der Waals surface area contributed by atoms with Crippen molar-refractivity contribution in [2.24, 2.45) is 0 Å². The summed E-state index contributed by atoms with van der Waals surface area (Å²) in [6.07, 6.45) is 8.75. The number of aromatic nitrogens is 1. The van der Waals surface area contributed by atoms with E-state index in [1.807, 2.05) is 18.2 Å². The summed E-state index contributed by atoms with van der Waals surface area (Å²) >= 11 is 1.71. The number of aliphatic hydroxyl groups is 1. The van der Waals surface area contributed by atoms with Gasteiger partial charge in [-0.25, -0.2) is 4.98 Å². The number of hydrogen-bond donors (Lipinski definition) is 2. The molecule has 2 aromatic carbocycles. The van der Waals surface area contributed by atoms with Crippen molar-refractivity contribution in [2.45, 2.75) is 69.9 Å². The van der Waals surface area contributed by atoms with Crippen LogP contribution in [0.25, 0.3) is 10.2 Å². The molecule has 0 spiro atoms. The van der Waals surface area contributed by atoms with Crippen LogP contribution in [0, 0.1) is 0 Å². The lowest BCUT2D eigenvalue weighted by molar-refractivity contribution is 0.0907. The van der Waals surface area contributed by atoms with Gasteiger partial charge in [-0.2, -0.15) is 0 Å². The zero-order valence-corrected chi connectivity index (χ0v) is 19.3. The summed E-state index contributed by atoms with van der Waals surface area (Å²) < 4.78 is 7.14. The smallest absolute Gasteiger partial charge is 0.138 e. The Morgan fingerprint density at radius 1 is 1.10 bits per heavy atom. The minimum atomic E-state index is -0.565. The zero-order chi connectivity index (χ0) is 21.5. The number of rotatable bonds is 10. The Kier molecular flexibility index (Phi) is 7.59. The highest BCUT2D eigenvalue weighted by Gasteiger charge is 2.33. The van der Waals surface area contributed by atoms with Gasteiger partial charge in [-0.3, -0.25) is 0 Å². The monoisotopic (exact) mass is 438 g/mol. The van der Waals surface area contributed by atoms with Crippen molar-refractivity contribution in [1.29, 1.82) is 0 Å². The van der Waals surface area contributed by atoms with Crippen LogP contribution in [0.3, 0.4) is 0 Å². The van der Waals surface area contributed by atoms with Crippen molar-refractivity contribution in [1.82, 2.24) is 10.3 Å². The third-order valence-electron chi connectivity index (χ3n) is 6.31. The Morgan fingerprint density at radius 3 is 2.68 bits per heavy atom. The Bertz CT molecular complexity index is 950. The summed E-state index contributed by atoms with van der Waals surface area (Å²) in [6, 6.07) is 16.7. The van der Waals surface area contributed by atoms with E-state index >= 15 is 0 Å². The average Bonchev–Trinajstić information content (AvgIpc) is 3.25. The number of unbranched alkanes of at least 4 members (excludes halogenated alkanes) is 1. The lowest BCUT2D eigenvalue weighted by atomic mass is 9.76. The van der Waals surface area contributed by atoms with Gasteiger partial charge in [-0.05, 0) is 43.4 Å². The molecule has 2 N–H and O–H groups in total. The van der Waals surface area contributed by atoms with Crippen LogP contribution in [0.4, 0.5) is 0 Å². The molecule has 1 fully saturated rings. The lowest BCUT2D eigenvalue weighted by Gasteiger charge is -2.39. The number of hydrogen-bond acceptors (Lipinski definition) is 5. The first-order chi connectivity index (χ1) is 15.2. The van der Waals surface area contributed by atoms with E-state index in [2.05, 4.69) is 42.6 Å². The highest BCUT2D eigenvalue weighted by Crippen LogP contribution is 2.37. The van der Waals surface area contributed by atoms with Gasteiger partial charge in [0.15, 0.2) is 0 Å². The molecule has 4 rings (SSSR count). The van der Waals surface area contributed by atoms with E-state index in [0.717, 1.165) is 46.7 Å². The summed E-state index contributed by atoms with van der Waals surface area (Å²) in [5.74, 6) is 0.826. The second-order valence-electron chi connectivity index (χ2n) is 8.67. The highest BCUT2D eigenvalue weighted by molar-refractivity contribution is 7.19. The van der Waals surface area contributed by atoms with Gasteiger partial charge in [-0.15, -0.1) is 11.3 Å². The van der Waals surface area contributed by atoms with E-state index < -0.39 is 6.10 Å². The van der Waals surface area contributed by atoms with E-state index in [-0.39, 0.29) is 12.1 Å². The molecule has 5 heteroatoms. The molecule has 1 unspecified atom stereocenters.